The van der Waals surface area contributed by atoms with Crippen molar-refractivity contribution in [3.05, 3.63) is 41.4 Å². The Bertz CT molecular complexity index is 614. The van der Waals surface area contributed by atoms with E-state index in [0.717, 1.165) is 10.6 Å². The molecular formula is C14H15N3O2S2. The average Bonchev–Trinajstić information content (AvgIpc) is 2.85. The lowest BCUT2D eigenvalue weighted by Crippen LogP contribution is -2.18. The van der Waals surface area contributed by atoms with Gasteiger partial charge in [-0.2, -0.15) is 0 Å². The normalized spacial score (nSPS) is 10.1. The fraction of sp³-hybridized carbons (Fsp3) is 0.214. The maximum absolute atomic E-state index is 11.7. The van der Waals surface area contributed by atoms with Crippen molar-refractivity contribution < 1.29 is 9.59 Å². The van der Waals surface area contributed by atoms with Gasteiger partial charge in [0.25, 0.3) is 0 Å². The third kappa shape index (κ3) is 5.57. The molecule has 0 radical (unpaired) electrons. The number of carbonyl (C=O) groups is 2. The van der Waals surface area contributed by atoms with Crippen LogP contribution in [0.25, 0.3) is 0 Å². The second kappa shape index (κ2) is 7.80. The van der Waals surface area contributed by atoms with Gasteiger partial charge in [-0.3, -0.25) is 9.59 Å². The number of aromatic nitrogens is 1. The van der Waals surface area contributed by atoms with Crippen molar-refractivity contribution in [1.29, 1.82) is 0 Å². The maximum atomic E-state index is 11.7. The van der Waals surface area contributed by atoms with Crippen molar-refractivity contribution in [1.82, 2.24) is 4.98 Å². The van der Waals surface area contributed by atoms with E-state index in [-0.39, 0.29) is 23.3 Å². The summed E-state index contributed by atoms with van der Waals surface area (Å²) in [6.45, 7) is 1.93. The number of amides is 2. The molecule has 0 bridgehead atoms. The Kier molecular flexibility index (Phi) is 5.77. The van der Waals surface area contributed by atoms with E-state index in [1.54, 1.807) is 6.20 Å². The lowest BCUT2D eigenvalue weighted by Gasteiger charge is -2.04. The van der Waals surface area contributed by atoms with Crippen LogP contribution in [0.2, 0.25) is 0 Å². The molecule has 0 fully saturated rings. The number of aryl methyl sites for hydroxylation is 1. The van der Waals surface area contributed by atoms with E-state index in [1.165, 1.54) is 23.1 Å². The molecule has 2 amide bonds. The number of nitrogens with zero attached hydrogens (tertiary/aromatic N) is 1. The Hall–Kier alpha value is -1.86. The number of rotatable bonds is 6. The fourth-order valence-electron chi connectivity index (χ4n) is 1.52. The summed E-state index contributed by atoms with van der Waals surface area (Å²) in [6, 6.07) is 9.23. The van der Waals surface area contributed by atoms with Crippen LogP contribution in [0.5, 0.6) is 0 Å². The Morgan fingerprint density at radius 3 is 2.43 bits per heavy atom. The number of carbonyl (C=O) groups excluding carboxylic acids is 2. The van der Waals surface area contributed by atoms with Gasteiger partial charge in [0.15, 0.2) is 5.13 Å². The third-order valence-electron chi connectivity index (χ3n) is 2.39. The lowest BCUT2D eigenvalue weighted by molar-refractivity contribution is -0.114. The van der Waals surface area contributed by atoms with E-state index in [4.69, 9.17) is 0 Å². The number of thioether (sulfide) groups is 1. The molecule has 0 aliphatic carbocycles. The summed E-state index contributed by atoms with van der Waals surface area (Å²) >= 11 is 2.69. The predicted octanol–water partition coefficient (Wildman–Crippen LogP) is 2.76. The van der Waals surface area contributed by atoms with Gasteiger partial charge in [0.05, 0.1) is 11.5 Å². The number of hydrogen-bond acceptors (Lipinski definition) is 5. The Balaban J connectivity index is 1.67. The molecule has 0 spiro atoms. The van der Waals surface area contributed by atoms with Gasteiger partial charge in [0, 0.05) is 16.8 Å². The maximum Gasteiger partial charge on any atom is 0.236 e. The zero-order valence-corrected chi connectivity index (χ0v) is 13.1. The van der Waals surface area contributed by atoms with E-state index in [1.807, 2.05) is 37.3 Å². The summed E-state index contributed by atoms with van der Waals surface area (Å²) in [6.07, 6.45) is 1.71. The predicted molar refractivity (Wildman–Crippen MR) is 87.9 cm³/mol. The van der Waals surface area contributed by atoms with E-state index in [0.29, 0.717) is 5.13 Å². The second-order valence-corrected chi connectivity index (χ2v) is 6.45. The zero-order chi connectivity index (χ0) is 15.1. The summed E-state index contributed by atoms with van der Waals surface area (Å²) < 4.78 is 0. The lowest BCUT2D eigenvalue weighted by atomic mass is 10.3. The van der Waals surface area contributed by atoms with Gasteiger partial charge < -0.3 is 10.6 Å². The molecule has 0 saturated heterocycles. The van der Waals surface area contributed by atoms with Gasteiger partial charge in [0.1, 0.15) is 0 Å². The number of anilines is 2. The molecule has 0 saturated carbocycles. The first-order chi connectivity index (χ1) is 10.1. The minimum Gasteiger partial charge on any atom is -0.325 e. The molecule has 110 valence electrons. The first kappa shape index (κ1) is 15.5. The highest BCUT2D eigenvalue weighted by atomic mass is 32.2. The molecule has 1 heterocycles. The van der Waals surface area contributed by atoms with Gasteiger partial charge in [-0.05, 0) is 19.1 Å². The van der Waals surface area contributed by atoms with Crippen LogP contribution in [0.15, 0.2) is 36.5 Å². The molecule has 0 aliphatic rings. The summed E-state index contributed by atoms with van der Waals surface area (Å²) in [5, 5.41) is 6.06. The highest BCUT2D eigenvalue weighted by molar-refractivity contribution is 8.00. The number of benzene rings is 1. The van der Waals surface area contributed by atoms with Crippen LogP contribution in [0.4, 0.5) is 10.8 Å². The zero-order valence-electron chi connectivity index (χ0n) is 11.5. The SMILES string of the molecule is Cc1cnc(NC(=O)CSCC(=O)Nc2ccccc2)s1. The summed E-state index contributed by atoms with van der Waals surface area (Å²) in [5.41, 5.74) is 0.755. The fourth-order valence-corrected chi connectivity index (χ4v) is 2.82. The highest BCUT2D eigenvalue weighted by Crippen LogP contribution is 2.16. The van der Waals surface area contributed by atoms with Gasteiger partial charge in [-0.1, -0.05) is 18.2 Å². The van der Waals surface area contributed by atoms with Crippen LogP contribution in [-0.4, -0.2) is 28.3 Å². The standard InChI is InChI=1S/C14H15N3O2S2/c1-10-7-15-14(21-10)17-13(19)9-20-8-12(18)16-11-5-3-2-4-6-11/h2-7H,8-9H2,1H3,(H,16,18)(H,15,17,19). The molecular weight excluding hydrogens is 306 g/mol. The molecule has 0 unspecified atom stereocenters. The average molecular weight is 321 g/mol. The van der Waals surface area contributed by atoms with Crippen molar-refractivity contribution in [3.8, 4) is 0 Å². The van der Waals surface area contributed by atoms with Gasteiger partial charge in [0.2, 0.25) is 11.8 Å². The highest BCUT2D eigenvalue weighted by Gasteiger charge is 2.08. The van der Waals surface area contributed by atoms with Crippen molar-refractivity contribution >= 4 is 45.7 Å². The van der Waals surface area contributed by atoms with Gasteiger partial charge in [-0.15, -0.1) is 23.1 Å². The second-order valence-electron chi connectivity index (χ2n) is 4.23. The first-order valence-electron chi connectivity index (χ1n) is 6.28. The molecule has 7 heteroatoms. The molecule has 5 nitrogen and oxygen atoms in total. The van der Waals surface area contributed by atoms with Crippen molar-refractivity contribution in [2.45, 2.75) is 6.92 Å². The molecule has 0 aliphatic heterocycles. The Morgan fingerprint density at radius 2 is 1.81 bits per heavy atom. The van der Waals surface area contributed by atoms with Crippen LogP contribution in [-0.2, 0) is 9.59 Å². The Morgan fingerprint density at radius 1 is 1.14 bits per heavy atom. The van der Waals surface area contributed by atoms with Crippen LogP contribution in [0.3, 0.4) is 0 Å². The molecule has 1 aromatic carbocycles. The molecule has 2 N–H and O–H groups in total. The van der Waals surface area contributed by atoms with E-state index < -0.39 is 0 Å². The van der Waals surface area contributed by atoms with Crippen LogP contribution < -0.4 is 10.6 Å². The first-order valence-corrected chi connectivity index (χ1v) is 8.25. The summed E-state index contributed by atoms with van der Waals surface area (Å²) in [4.78, 5) is 28.4. The van der Waals surface area contributed by atoms with Crippen LogP contribution in [0, 0.1) is 6.92 Å². The summed E-state index contributed by atoms with van der Waals surface area (Å²) in [7, 11) is 0. The topological polar surface area (TPSA) is 71.1 Å². The molecule has 2 rings (SSSR count). The minimum absolute atomic E-state index is 0.121. The van der Waals surface area contributed by atoms with Crippen molar-refractivity contribution in [2.24, 2.45) is 0 Å². The van der Waals surface area contributed by atoms with E-state index >= 15 is 0 Å². The number of para-hydroxylation sites is 1. The molecule has 1 aromatic heterocycles. The smallest absolute Gasteiger partial charge is 0.236 e. The third-order valence-corrected chi connectivity index (χ3v) is 4.15. The number of thiazole rings is 1. The van der Waals surface area contributed by atoms with E-state index in [9.17, 15) is 9.59 Å². The quantitative estimate of drug-likeness (QED) is 0.858. The van der Waals surface area contributed by atoms with E-state index in [2.05, 4.69) is 15.6 Å². The minimum atomic E-state index is -0.151. The summed E-state index contributed by atoms with van der Waals surface area (Å²) in [5.74, 6) is 0.186. The van der Waals surface area contributed by atoms with Gasteiger partial charge >= 0.3 is 0 Å². The monoisotopic (exact) mass is 321 g/mol. The van der Waals surface area contributed by atoms with Crippen molar-refractivity contribution in [2.75, 3.05) is 22.1 Å². The molecule has 2 aromatic rings. The Labute approximate surface area is 131 Å². The van der Waals surface area contributed by atoms with Crippen LogP contribution >= 0.6 is 23.1 Å². The van der Waals surface area contributed by atoms with Crippen molar-refractivity contribution in [3.63, 3.8) is 0 Å². The molecule has 21 heavy (non-hydrogen) atoms. The number of nitrogens with one attached hydrogen (secondary N) is 2. The molecule has 0 atom stereocenters. The number of hydrogen-bond donors (Lipinski definition) is 2. The van der Waals surface area contributed by atoms with Gasteiger partial charge in [-0.25, -0.2) is 4.98 Å². The largest absolute Gasteiger partial charge is 0.325 e. The van der Waals surface area contributed by atoms with Crippen LogP contribution in [0.1, 0.15) is 4.88 Å².